The van der Waals surface area contributed by atoms with Gasteiger partial charge in [0.2, 0.25) is 0 Å². The molecule has 1 heterocycles. The quantitative estimate of drug-likeness (QED) is 0.668. The molecule has 0 atom stereocenters. The maximum atomic E-state index is 11.9. The highest BCUT2D eigenvalue weighted by molar-refractivity contribution is 9.10. The summed E-state index contributed by atoms with van der Waals surface area (Å²) >= 11 is 4.99. The minimum atomic E-state index is -0.208. The highest BCUT2D eigenvalue weighted by Gasteiger charge is 2.05. The van der Waals surface area contributed by atoms with Crippen molar-refractivity contribution >= 4 is 38.9 Å². The Labute approximate surface area is 124 Å². The van der Waals surface area contributed by atoms with Crippen molar-refractivity contribution in [2.75, 3.05) is 0 Å². The lowest BCUT2D eigenvalue weighted by atomic mass is 10.2. The van der Waals surface area contributed by atoms with E-state index in [1.165, 1.54) is 4.88 Å². The molecule has 2 aromatic rings. The first-order chi connectivity index (χ1) is 9.06. The number of amides is 1. The number of hydrogen-bond donors (Lipinski definition) is 1. The van der Waals surface area contributed by atoms with E-state index in [9.17, 15) is 4.79 Å². The van der Waals surface area contributed by atoms with Gasteiger partial charge in [-0.2, -0.15) is 5.10 Å². The highest BCUT2D eigenvalue weighted by Crippen LogP contribution is 2.15. The minimum Gasteiger partial charge on any atom is -0.267 e. The van der Waals surface area contributed by atoms with Crippen LogP contribution in [0.15, 0.2) is 46.0 Å². The van der Waals surface area contributed by atoms with Crippen LogP contribution >= 0.6 is 27.3 Å². The molecular formula is C14H13BrN2OS. The Balaban J connectivity index is 2.05. The summed E-state index contributed by atoms with van der Waals surface area (Å²) < 4.78 is 0.942. The number of halogens is 1. The first kappa shape index (κ1) is 14.0. The van der Waals surface area contributed by atoms with Gasteiger partial charge in [0.05, 0.1) is 10.6 Å². The van der Waals surface area contributed by atoms with Crippen molar-refractivity contribution in [2.24, 2.45) is 5.10 Å². The van der Waals surface area contributed by atoms with Crippen molar-refractivity contribution < 1.29 is 4.79 Å². The molecule has 1 N–H and O–H groups in total. The van der Waals surface area contributed by atoms with Crippen LogP contribution in [-0.4, -0.2) is 11.6 Å². The topological polar surface area (TPSA) is 41.5 Å². The second kappa shape index (κ2) is 6.12. The lowest BCUT2D eigenvalue weighted by Crippen LogP contribution is -2.18. The number of hydrogen-bond acceptors (Lipinski definition) is 3. The van der Waals surface area contributed by atoms with E-state index in [-0.39, 0.29) is 5.91 Å². The number of rotatable bonds is 3. The molecule has 98 valence electrons. The predicted octanol–water partition coefficient (Wildman–Crippen LogP) is 3.97. The molecule has 1 amide bonds. The average Bonchev–Trinajstić information content (AvgIpc) is 2.83. The average molecular weight is 337 g/mol. The van der Waals surface area contributed by atoms with Crippen LogP contribution in [0.2, 0.25) is 0 Å². The Morgan fingerprint density at radius 3 is 2.47 bits per heavy atom. The fourth-order valence-corrected chi connectivity index (χ4v) is 2.56. The smallest absolute Gasteiger partial charge is 0.267 e. The largest absolute Gasteiger partial charge is 0.271 e. The van der Waals surface area contributed by atoms with E-state index < -0.39 is 0 Å². The summed E-state index contributed by atoms with van der Waals surface area (Å²) in [6, 6.07) is 11.2. The van der Waals surface area contributed by atoms with Crippen LogP contribution in [0.5, 0.6) is 0 Å². The highest BCUT2D eigenvalue weighted by atomic mass is 79.9. The van der Waals surface area contributed by atoms with E-state index in [2.05, 4.69) is 26.5 Å². The zero-order valence-electron chi connectivity index (χ0n) is 10.6. The molecule has 0 radical (unpaired) electrons. The van der Waals surface area contributed by atoms with Crippen LogP contribution in [0.25, 0.3) is 0 Å². The molecule has 0 spiro atoms. The van der Waals surface area contributed by atoms with Crippen molar-refractivity contribution in [1.29, 1.82) is 0 Å². The van der Waals surface area contributed by atoms with E-state index in [0.29, 0.717) is 5.56 Å². The van der Waals surface area contributed by atoms with Gasteiger partial charge in [-0.05, 0) is 50.2 Å². The fraction of sp³-hybridized carbons (Fsp3) is 0.143. The number of benzene rings is 1. The molecule has 0 saturated heterocycles. The standard InChI is InChI=1S/C14H13BrN2OS/c1-9-3-8-13(19-9)10(2)16-17-14(18)11-4-6-12(15)7-5-11/h3-8H,1-2H3,(H,17,18). The maximum Gasteiger partial charge on any atom is 0.271 e. The van der Waals surface area contributed by atoms with Crippen molar-refractivity contribution in [1.82, 2.24) is 5.43 Å². The fourth-order valence-electron chi connectivity index (χ4n) is 1.48. The molecule has 3 nitrogen and oxygen atoms in total. The Morgan fingerprint density at radius 1 is 1.21 bits per heavy atom. The van der Waals surface area contributed by atoms with E-state index in [1.54, 1.807) is 23.5 Å². The number of nitrogens with zero attached hydrogens (tertiary/aromatic N) is 1. The number of aryl methyl sites for hydroxylation is 1. The zero-order valence-corrected chi connectivity index (χ0v) is 13.0. The first-order valence-corrected chi connectivity index (χ1v) is 7.34. The molecule has 0 unspecified atom stereocenters. The van der Waals surface area contributed by atoms with Gasteiger partial charge in [-0.25, -0.2) is 5.43 Å². The van der Waals surface area contributed by atoms with Crippen molar-refractivity contribution in [3.8, 4) is 0 Å². The van der Waals surface area contributed by atoms with Crippen LogP contribution < -0.4 is 5.43 Å². The molecule has 19 heavy (non-hydrogen) atoms. The van der Waals surface area contributed by atoms with Crippen LogP contribution in [0.1, 0.15) is 27.0 Å². The Hall–Kier alpha value is -1.46. The number of hydrazone groups is 1. The SMILES string of the molecule is CC(=NNC(=O)c1ccc(Br)cc1)c1ccc(C)s1. The summed E-state index contributed by atoms with van der Waals surface area (Å²) in [5.41, 5.74) is 3.96. The van der Waals surface area contributed by atoms with Crippen molar-refractivity contribution in [3.63, 3.8) is 0 Å². The van der Waals surface area contributed by atoms with Gasteiger partial charge in [-0.15, -0.1) is 11.3 Å². The lowest BCUT2D eigenvalue weighted by Gasteiger charge is -2.01. The van der Waals surface area contributed by atoms with Crippen LogP contribution in [0.4, 0.5) is 0 Å². The molecule has 1 aromatic heterocycles. The number of carbonyl (C=O) groups excluding carboxylic acids is 1. The number of carbonyl (C=O) groups is 1. The molecular weight excluding hydrogens is 324 g/mol. The second-order valence-electron chi connectivity index (χ2n) is 4.06. The number of nitrogens with one attached hydrogen (secondary N) is 1. The molecule has 0 saturated carbocycles. The van der Waals surface area contributed by atoms with Gasteiger partial charge in [0, 0.05) is 14.9 Å². The summed E-state index contributed by atoms with van der Waals surface area (Å²) in [6.45, 7) is 3.93. The van der Waals surface area contributed by atoms with Gasteiger partial charge in [0.25, 0.3) is 5.91 Å². The van der Waals surface area contributed by atoms with Crippen molar-refractivity contribution in [3.05, 3.63) is 56.2 Å². The second-order valence-corrected chi connectivity index (χ2v) is 6.26. The molecule has 0 aliphatic rings. The minimum absolute atomic E-state index is 0.208. The van der Waals surface area contributed by atoms with Gasteiger partial charge in [0.15, 0.2) is 0 Å². The van der Waals surface area contributed by atoms with E-state index in [0.717, 1.165) is 15.1 Å². The Morgan fingerprint density at radius 2 is 1.89 bits per heavy atom. The summed E-state index contributed by atoms with van der Waals surface area (Å²) in [5.74, 6) is -0.208. The number of thiophene rings is 1. The molecule has 0 aliphatic carbocycles. The molecule has 0 aliphatic heterocycles. The van der Waals surface area contributed by atoms with E-state index in [1.807, 2.05) is 38.1 Å². The summed E-state index contributed by atoms with van der Waals surface area (Å²) in [6.07, 6.45) is 0. The summed E-state index contributed by atoms with van der Waals surface area (Å²) in [4.78, 5) is 14.2. The normalized spacial score (nSPS) is 11.4. The lowest BCUT2D eigenvalue weighted by molar-refractivity contribution is 0.0955. The van der Waals surface area contributed by atoms with Crippen LogP contribution in [0, 0.1) is 6.92 Å². The zero-order chi connectivity index (χ0) is 13.8. The van der Waals surface area contributed by atoms with Crippen LogP contribution in [-0.2, 0) is 0 Å². The van der Waals surface area contributed by atoms with Gasteiger partial charge in [-0.3, -0.25) is 4.79 Å². The van der Waals surface area contributed by atoms with Gasteiger partial charge in [-0.1, -0.05) is 15.9 Å². The summed E-state index contributed by atoms with van der Waals surface area (Å²) in [5, 5.41) is 4.12. The molecule has 1 aromatic carbocycles. The Kier molecular flexibility index (Phi) is 4.50. The van der Waals surface area contributed by atoms with Gasteiger partial charge < -0.3 is 0 Å². The molecule has 0 bridgehead atoms. The van der Waals surface area contributed by atoms with Crippen LogP contribution in [0.3, 0.4) is 0 Å². The monoisotopic (exact) mass is 336 g/mol. The van der Waals surface area contributed by atoms with E-state index >= 15 is 0 Å². The molecule has 2 rings (SSSR count). The maximum absolute atomic E-state index is 11.9. The summed E-state index contributed by atoms with van der Waals surface area (Å²) in [7, 11) is 0. The van der Waals surface area contributed by atoms with Gasteiger partial charge >= 0.3 is 0 Å². The molecule has 0 fully saturated rings. The Bertz CT molecular complexity index is 617. The molecule has 5 heteroatoms. The third-order valence-corrected chi connectivity index (χ3v) is 4.17. The predicted molar refractivity (Wildman–Crippen MR) is 82.9 cm³/mol. The first-order valence-electron chi connectivity index (χ1n) is 5.73. The van der Waals surface area contributed by atoms with Gasteiger partial charge in [0.1, 0.15) is 0 Å². The third-order valence-electron chi connectivity index (χ3n) is 2.53. The van der Waals surface area contributed by atoms with Crippen molar-refractivity contribution in [2.45, 2.75) is 13.8 Å². The third kappa shape index (κ3) is 3.75. The van der Waals surface area contributed by atoms with E-state index in [4.69, 9.17) is 0 Å².